The molecule has 4 heteroatoms. The largest absolute Gasteiger partial charge is 0.491 e. The topological polar surface area (TPSA) is 38.8 Å². The quantitative estimate of drug-likeness (QED) is 0.832. The summed E-state index contributed by atoms with van der Waals surface area (Å²) in [5.74, 6) is 0.856. The Kier molecular flexibility index (Phi) is 4.45. The Labute approximate surface area is 127 Å². The zero-order valence-corrected chi connectivity index (χ0v) is 13.6. The summed E-state index contributed by atoms with van der Waals surface area (Å²) in [7, 11) is 0. The molecule has 0 radical (unpaired) electrons. The van der Waals surface area contributed by atoms with Gasteiger partial charge in [0.1, 0.15) is 11.4 Å². The average Bonchev–Trinajstić information content (AvgIpc) is 2.35. The lowest BCUT2D eigenvalue weighted by Crippen LogP contribution is -2.39. The van der Waals surface area contributed by atoms with Crippen molar-refractivity contribution in [3.8, 4) is 5.75 Å². The van der Waals surface area contributed by atoms with Crippen molar-refractivity contribution in [3.63, 3.8) is 0 Å². The lowest BCUT2D eigenvalue weighted by molar-refractivity contribution is 0.0223. The van der Waals surface area contributed by atoms with Gasteiger partial charge in [-0.25, -0.2) is 4.79 Å². The molecule has 1 amide bonds. The van der Waals surface area contributed by atoms with E-state index in [-0.39, 0.29) is 12.2 Å². The van der Waals surface area contributed by atoms with Gasteiger partial charge in [0.05, 0.1) is 6.10 Å². The summed E-state index contributed by atoms with van der Waals surface area (Å²) in [6.07, 6.45) is 0.758. The molecule has 116 valence electrons. The highest BCUT2D eigenvalue weighted by atomic mass is 16.6. The SMILES string of the molecule is CC(C)Oc1ccc2c(c1)CN(C(=O)OC(C)(C)C)CC2. The van der Waals surface area contributed by atoms with Crippen LogP contribution in [0, 0.1) is 0 Å². The molecule has 0 spiro atoms. The van der Waals surface area contributed by atoms with E-state index in [1.54, 1.807) is 4.90 Å². The van der Waals surface area contributed by atoms with Crippen molar-refractivity contribution in [2.75, 3.05) is 6.54 Å². The number of benzene rings is 1. The van der Waals surface area contributed by atoms with Crippen LogP contribution in [0.25, 0.3) is 0 Å². The third kappa shape index (κ3) is 4.38. The van der Waals surface area contributed by atoms with Crippen LogP contribution in [0.3, 0.4) is 0 Å². The molecule has 1 aliphatic heterocycles. The van der Waals surface area contributed by atoms with Crippen LogP contribution < -0.4 is 4.74 Å². The molecular weight excluding hydrogens is 266 g/mol. The van der Waals surface area contributed by atoms with Gasteiger partial charge in [-0.2, -0.15) is 0 Å². The summed E-state index contributed by atoms with van der Waals surface area (Å²) in [5, 5.41) is 0. The Balaban J connectivity index is 2.09. The van der Waals surface area contributed by atoms with Gasteiger partial charge < -0.3 is 14.4 Å². The van der Waals surface area contributed by atoms with Gasteiger partial charge in [-0.15, -0.1) is 0 Å². The summed E-state index contributed by atoms with van der Waals surface area (Å²) in [5.41, 5.74) is 1.97. The smallest absolute Gasteiger partial charge is 0.410 e. The van der Waals surface area contributed by atoms with E-state index in [1.165, 1.54) is 5.56 Å². The van der Waals surface area contributed by atoms with E-state index < -0.39 is 5.60 Å². The molecule has 1 heterocycles. The first-order valence-corrected chi connectivity index (χ1v) is 7.51. The van der Waals surface area contributed by atoms with Crippen LogP contribution in [0.15, 0.2) is 18.2 Å². The fourth-order valence-corrected chi connectivity index (χ4v) is 2.36. The molecular formula is C17H25NO3. The predicted octanol–water partition coefficient (Wildman–Crippen LogP) is 3.77. The van der Waals surface area contributed by atoms with Crippen molar-refractivity contribution in [3.05, 3.63) is 29.3 Å². The highest BCUT2D eigenvalue weighted by molar-refractivity contribution is 5.68. The monoisotopic (exact) mass is 291 g/mol. The lowest BCUT2D eigenvalue weighted by Gasteiger charge is -2.31. The maximum Gasteiger partial charge on any atom is 0.410 e. The molecule has 0 atom stereocenters. The Morgan fingerprint density at radius 2 is 1.95 bits per heavy atom. The molecule has 0 fully saturated rings. The first-order chi connectivity index (χ1) is 9.74. The second-order valence-electron chi connectivity index (χ2n) is 6.75. The summed E-state index contributed by atoms with van der Waals surface area (Å²) >= 11 is 0. The Hall–Kier alpha value is -1.71. The summed E-state index contributed by atoms with van der Waals surface area (Å²) in [6.45, 7) is 11.0. The van der Waals surface area contributed by atoms with Crippen molar-refractivity contribution in [1.82, 2.24) is 4.90 Å². The minimum absolute atomic E-state index is 0.147. The third-order valence-electron chi connectivity index (χ3n) is 3.21. The lowest BCUT2D eigenvalue weighted by atomic mass is 10.00. The van der Waals surface area contributed by atoms with Crippen molar-refractivity contribution < 1.29 is 14.3 Å². The Morgan fingerprint density at radius 1 is 1.24 bits per heavy atom. The van der Waals surface area contributed by atoms with E-state index in [4.69, 9.17) is 9.47 Å². The summed E-state index contributed by atoms with van der Waals surface area (Å²) in [6, 6.07) is 6.13. The molecule has 0 aliphatic carbocycles. The molecule has 2 rings (SSSR count). The number of fused-ring (bicyclic) bond motifs is 1. The van der Waals surface area contributed by atoms with Crippen LogP contribution in [0.1, 0.15) is 45.7 Å². The van der Waals surface area contributed by atoms with E-state index in [1.807, 2.05) is 46.8 Å². The first kappa shape index (κ1) is 15.7. The van der Waals surface area contributed by atoms with Crippen molar-refractivity contribution in [2.45, 2.75) is 59.3 Å². The van der Waals surface area contributed by atoms with Gasteiger partial charge in [-0.1, -0.05) is 6.07 Å². The second kappa shape index (κ2) is 5.96. The maximum atomic E-state index is 12.2. The molecule has 1 aromatic carbocycles. The molecule has 1 aliphatic rings. The van der Waals surface area contributed by atoms with Crippen LogP contribution >= 0.6 is 0 Å². The third-order valence-corrected chi connectivity index (χ3v) is 3.21. The molecule has 1 aromatic rings. The maximum absolute atomic E-state index is 12.2. The standard InChI is InChI=1S/C17H25NO3/c1-12(2)20-15-7-6-13-8-9-18(11-14(13)10-15)16(19)21-17(3,4)5/h6-7,10,12H,8-9,11H2,1-5H3. The minimum Gasteiger partial charge on any atom is -0.491 e. The number of nitrogens with zero attached hydrogens (tertiary/aromatic N) is 1. The van der Waals surface area contributed by atoms with Gasteiger partial charge in [0.15, 0.2) is 0 Å². The molecule has 0 bridgehead atoms. The van der Waals surface area contributed by atoms with Crippen molar-refractivity contribution in [2.24, 2.45) is 0 Å². The number of hydrogen-bond acceptors (Lipinski definition) is 3. The molecule has 0 N–H and O–H groups in total. The van der Waals surface area contributed by atoms with Crippen LogP contribution in [0.2, 0.25) is 0 Å². The number of carbonyl (C=O) groups is 1. The van der Waals surface area contributed by atoms with Crippen LogP contribution in [0.4, 0.5) is 4.79 Å². The zero-order chi connectivity index (χ0) is 15.6. The van der Waals surface area contributed by atoms with Crippen molar-refractivity contribution >= 4 is 6.09 Å². The molecule has 0 aromatic heterocycles. The molecule has 4 nitrogen and oxygen atoms in total. The Morgan fingerprint density at radius 3 is 2.57 bits per heavy atom. The van der Waals surface area contributed by atoms with Gasteiger partial charge in [0, 0.05) is 13.1 Å². The fourth-order valence-electron chi connectivity index (χ4n) is 2.36. The molecule has 0 unspecified atom stereocenters. The van der Waals surface area contributed by atoms with Gasteiger partial charge >= 0.3 is 6.09 Å². The number of hydrogen-bond donors (Lipinski definition) is 0. The molecule has 0 saturated carbocycles. The minimum atomic E-state index is -0.458. The fraction of sp³-hybridized carbons (Fsp3) is 0.588. The van der Waals surface area contributed by atoms with Gasteiger partial charge in [0.25, 0.3) is 0 Å². The van der Waals surface area contributed by atoms with Crippen LogP contribution in [0.5, 0.6) is 5.75 Å². The van der Waals surface area contributed by atoms with E-state index in [2.05, 4.69) is 6.07 Å². The van der Waals surface area contributed by atoms with E-state index in [0.717, 1.165) is 17.7 Å². The summed E-state index contributed by atoms with van der Waals surface area (Å²) < 4.78 is 11.2. The Bertz CT molecular complexity index is 517. The normalized spacial score (nSPS) is 14.9. The summed E-state index contributed by atoms with van der Waals surface area (Å²) in [4.78, 5) is 13.9. The van der Waals surface area contributed by atoms with Crippen LogP contribution in [-0.2, 0) is 17.7 Å². The highest BCUT2D eigenvalue weighted by Crippen LogP contribution is 2.25. The molecule has 0 saturated heterocycles. The second-order valence-corrected chi connectivity index (χ2v) is 6.75. The van der Waals surface area contributed by atoms with E-state index >= 15 is 0 Å². The molecule has 21 heavy (non-hydrogen) atoms. The highest BCUT2D eigenvalue weighted by Gasteiger charge is 2.25. The number of rotatable bonds is 2. The number of ether oxygens (including phenoxy) is 2. The number of amides is 1. The van der Waals surface area contributed by atoms with Crippen LogP contribution in [-0.4, -0.2) is 29.2 Å². The van der Waals surface area contributed by atoms with Gasteiger partial charge in [-0.3, -0.25) is 0 Å². The number of carbonyl (C=O) groups excluding carboxylic acids is 1. The van der Waals surface area contributed by atoms with Crippen molar-refractivity contribution in [1.29, 1.82) is 0 Å². The average molecular weight is 291 g/mol. The van der Waals surface area contributed by atoms with Gasteiger partial charge in [0.2, 0.25) is 0 Å². The van der Waals surface area contributed by atoms with E-state index in [0.29, 0.717) is 13.1 Å². The predicted molar refractivity (Wildman–Crippen MR) is 82.6 cm³/mol. The van der Waals surface area contributed by atoms with E-state index in [9.17, 15) is 4.79 Å². The van der Waals surface area contributed by atoms with Gasteiger partial charge in [-0.05, 0) is 64.3 Å². The zero-order valence-electron chi connectivity index (χ0n) is 13.6. The first-order valence-electron chi connectivity index (χ1n) is 7.51.